The van der Waals surface area contributed by atoms with Crippen LogP contribution in [0, 0.1) is 12.8 Å². The number of aromatic amines is 1. The van der Waals surface area contributed by atoms with Crippen molar-refractivity contribution in [3.05, 3.63) is 21.4 Å². The van der Waals surface area contributed by atoms with Crippen LogP contribution in [0.2, 0.25) is 10.0 Å². The number of hydrogen-bond donors (Lipinski definition) is 3. The Morgan fingerprint density at radius 3 is 2.37 bits per heavy atom. The third-order valence-corrected chi connectivity index (χ3v) is 5.13. The molecule has 3 N–H and O–H groups in total. The van der Waals surface area contributed by atoms with Gasteiger partial charge in [0.2, 0.25) is 0 Å². The molecule has 2 unspecified atom stereocenters. The lowest BCUT2D eigenvalue weighted by Gasteiger charge is -2.37. The highest BCUT2D eigenvalue weighted by molar-refractivity contribution is 6.44. The van der Waals surface area contributed by atoms with E-state index in [1.165, 1.54) is 4.90 Å². The van der Waals surface area contributed by atoms with Crippen molar-refractivity contribution in [3.8, 4) is 0 Å². The maximum atomic E-state index is 12.5. The van der Waals surface area contributed by atoms with Gasteiger partial charge in [-0.05, 0) is 34.1 Å². The monoisotopic (exact) mass is 419 g/mol. The van der Waals surface area contributed by atoms with E-state index >= 15 is 0 Å². The number of amides is 2. The van der Waals surface area contributed by atoms with Crippen LogP contribution in [0.3, 0.4) is 0 Å². The third kappa shape index (κ3) is 5.07. The number of carbonyl (C=O) groups is 3. The molecule has 0 spiro atoms. The number of nitrogens with zero attached hydrogens (tertiary/aromatic N) is 1. The van der Waals surface area contributed by atoms with E-state index in [-0.39, 0.29) is 35.2 Å². The van der Waals surface area contributed by atoms with E-state index in [4.69, 9.17) is 27.9 Å². The molecule has 27 heavy (non-hydrogen) atoms. The van der Waals surface area contributed by atoms with Crippen LogP contribution >= 0.6 is 23.2 Å². The summed E-state index contributed by atoms with van der Waals surface area (Å²) >= 11 is 12.0. The number of hydrogen-bond acceptors (Lipinski definition) is 4. The van der Waals surface area contributed by atoms with Crippen molar-refractivity contribution in [2.75, 3.05) is 13.1 Å². The first-order valence-electron chi connectivity index (χ1n) is 8.46. The molecule has 2 rings (SSSR count). The fraction of sp³-hybridized carbons (Fsp3) is 0.588. The SMILES string of the molecule is Cc1[nH]c(C(=O)NC2CCN(C(=O)OC(C)(C)C)CC2C(=O)O)c(Cl)c1Cl. The zero-order chi connectivity index (χ0) is 20.5. The number of nitrogens with one attached hydrogen (secondary N) is 2. The highest BCUT2D eigenvalue weighted by atomic mass is 35.5. The Morgan fingerprint density at radius 1 is 1.26 bits per heavy atom. The van der Waals surface area contributed by atoms with E-state index in [1.807, 2.05) is 0 Å². The van der Waals surface area contributed by atoms with E-state index in [0.29, 0.717) is 5.69 Å². The van der Waals surface area contributed by atoms with E-state index in [1.54, 1.807) is 27.7 Å². The normalized spacial score (nSPS) is 20.3. The fourth-order valence-corrected chi connectivity index (χ4v) is 3.25. The van der Waals surface area contributed by atoms with Crippen molar-refractivity contribution in [2.45, 2.75) is 45.8 Å². The number of H-pyrrole nitrogens is 1. The molecular formula is C17H23Cl2N3O5. The van der Waals surface area contributed by atoms with E-state index < -0.39 is 35.5 Å². The summed E-state index contributed by atoms with van der Waals surface area (Å²) in [5.74, 6) is -2.63. The first-order chi connectivity index (χ1) is 12.4. The van der Waals surface area contributed by atoms with Gasteiger partial charge in [0.25, 0.3) is 5.91 Å². The number of aryl methyl sites for hydroxylation is 1. The lowest BCUT2D eigenvalue weighted by atomic mass is 9.92. The second-order valence-corrected chi connectivity index (χ2v) is 8.25. The van der Waals surface area contributed by atoms with Gasteiger partial charge in [0.1, 0.15) is 11.3 Å². The fourth-order valence-electron chi connectivity index (χ4n) is 2.84. The van der Waals surface area contributed by atoms with E-state index in [2.05, 4.69) is 10.3 Å². The van der Waals surface area contributed by atoms with E-state index in [0.717, 1.165) is 0 Å². The lowest BCUT2D eigenvalue weighted by Crippen LogP contribution is -2.55. The Labute approximate surface area is 167 Å². The molecule has 2 amide bonds. The number of carboxylic acid groups (broad SMARTS) is 1. The van der Waals surface area contributed by atoms with Gasteiger partial charge in [-0.2, -0.15) is 0 Å². The average Bonchev–Trinajstić information content (AvgIpc) is 2.81. The van der Waals surface area contributed by atoms with Crippen molar-refractivity contribution in [3.63, 3.8) is 0 Å². The molecule has 8 nitrogen and oxygen atoms in total. The van der Waals surface area contributed by atoms with Crippen molar-refractivity contribution < 1.29 is 24.2 Å². The van der Waals surface area contributed by atoms with Crippen molar-refractivity contribution in [1.82, 2.24) is 15.2 Å². The van der Waals surface area contributed by atoms with Gasteiger partial charge in [0.05, 0.1) is 16.0 Å². The van der Waals surface area contributed by atoms with Crippen LogP contribution in [0.15, 0.2) is 0 Å². The minimum atomic E-state index is -1.11. The maximum absolute atomic E-state index is 12.5. The van der Waals surface area contributed by atoms with Gasteiger partial charge in [0, 0.05) is 24.8 Å². The summed E-state index contributed by atoms with van der Waals surface area (Å²) < 4.78 is 5.29. The Kier molecular flexibility index (Phi) is 6.32. The summed E-state index contributed by atoms with van der Waals surface area (Å²) in [5.41, 5.74) is -0.0539. The predicted octanol–water partition coefficient (Wildman–Crippen LogP) is 3.07. The number of halogens is 2. The standard InChI is InChI=1S/C17H23Cl2N3O5/c1-8-11(18)12(19)13(20-8)14(23)21-10-5-6-22(7-9(10)15(24)25)16(26)27-17(2,3)4/h9-10,20H,5-7H2,1-4H3,(H,21,23)(H,24,25). The molecule has 1 saturated heterocycles. The minimum absolute atomic E-state index is 0.0621. The Morgan fingerprint density at radius 2 is 1.89 bits per heavy atom. The number of aliphatic carboxylic acids is 1. The molecule has 0 bridgehead atoms. The van der Waals surface area contributed by atoms with Crippen LogP contribution in [0.5, 0.6) is 0 Å². The number of ether oxygens (including phenoxy) is 1. The highest BCUT2D eigenvalue weighted by Crippen LogP contribution is 2.29. The van der Waals surface area contributed by atoms with Crippen molar-refractivity contribution >= 4 is 41.2 Å². The van der Waals surface area contributed by atoms with Crippen LogP contribution < -0.4 is 5.32 Å². The number of aromatic nitrogens is 1. The van der Waals surface area contributed by atoms with Gasteiger partial charge in [-0.15, -0.1) is 0 Å². The number of piperidine rings is 1. The number of carbonyl (C=O) groups excluding carboxylic acids is 2. The van der Waals surface area contributed by atoms with Crippen molar-refractivity contribution in [1.29, 1.82) is 0 Å². The molecule has 1 aliphatic heterocycles. The summed E-state index contributed by atoms with van der Waals surface area (Å²) in [6.07, 6.45) is -0.305. The van der Waals surface area contributed by atoms with Gasteiger partial charge in [-0.25, -0.2) is 4.79 Å². The maximum Gasteiger partial charge on any atom is 0.410 e. The van der Waals surface area contributed by atoms with Gasteiger partial charge < -0.3 is 25.0 Å². The first-order valence-corrected chi connectivity index (χ1v) is 9.21. The largest absolute Gasteiger partial charge is 0.481 e. The molecule has 1 aromatic heterocycles. The summed E-state index contributed by atoms with van der Waals surface area (Å²) in [6, 6.07) is -0.660. The molecule has 0 radical (unpaired) electrons. The van der Waals surface area contributed by atoms with Crippen LogP contribution in [-0.4, -0.2) is 57.7 Å². The zero-order valence-electron chi connectivity index (χ0n) is 15.6. The van der Waals surface area contributed by atoms with Crippen LogP contribution in [0.1, 0.15) is 43.4 Å². The molecule has 0 aliphatic carbocycles. The molecule has 0 saturated carbocycles. The van der Waals surface area contributed by atoms with Gasteiger partial charge >= 0.3 is 12.1 Å². The average molecular weight is 420 g/mol. The Balaban J connectivity index is 2.10. The smallest absolute Gasteiger partial charge is 0.410 e. The molecule has 1 fully saturated rings. The minimum Gasteiger partial charge on any atom is -0.481 e. The second-order valence-electron chi connectivity index (χ2n) is 7.49. The van der Waals surface area contributed by atoms with Crippen LogP contribution in [0.4, 0.5) is 4.79 Å². The van der Waals surface area contributed by atoms with Crippen LogP contribution in [-0.2, 0) is 9.53 Å². The highest BCUT2D eigenvalue weighted by Gasteiger charge is 2.38. The summed E-state index contributed by atoms with van der Waals surface area (Å²) in [5, 5.41) is 12.6. The quantitative estimate of drug-likeness (QED) is 0.696. The predicted molar refractivity (Wildman–Crippen MR) is 100 cm³/mol. The molecule has 1 aliphatic rings. The number of likely N-dealkylation sites (tertiary alicyclic amines) is 1. The molecule has 150 valence electrons. The first kappa shape index (κ1) is 21.4. The third-order valence-electron chi connectivity index (χ3n) is 4.18. The summed E-state index contributed by atoms with van der Waals surface area (Å²) in [7, 11) is 0. The van der Waals surface area contributed by atoms with Gasteiger partial charge in [-0.3, -0.25) is 9.59 Å². The molecule has 2 heterocycles. The molecule has 2 atom stereocenters. The number of rotatable bonds is 3. The van der Waals surface area contributed by atoms with Gasteiger partial charge in [0.15, 0.2) is 0 Å². The molecule has 1 aromatic rings. The topological polar surface area (TPSA) is 112 Å². The Bertz CT molecular complexity index is 756. The number of carboxylic acids is 1. The van der Waals surface area contributed by atoms with Gasteiger partial charge in [-0.1, -0.05) is 23.2 Å². The molecular weight excluding hydrogens is 397 g/mol. The Hall–Kier alpha value is -1.93. The van der Waals surface area contributed by atoms with Crippen LogP contribution in [0.25, 0.3) is 0 Å². The van der Waals surface area contributed by atoms with E-state index in [9.17, 15) is 19.5 Å². The molecule has 0 aromatic carbocycles. The lowest BCUT2D eigenvalue weighted by molar-refractivity contribution is -0.144. The summed E-state index contributed by atoms with van der Waals surface area (Å²) in [6.45, 7) is 7.08. The second kappa shape index (κ2) is 7.98. The summed E-state index contributed by atoms with van der Waals surface area (Å²) in [4.78, 5) is 40.5. The zero-order valence-corrected chi connectivity index (χ0v) is 17.1. The molecule has 10 heteroatoms. The van der Waals surface area contributed by atoms with Crippen molar-refractivity contribution in [2.24, 2.45) is 5.92 Å².